The van der Waals surface area contributed by atoms with Crippen molar-refractivity contribution in [3.63, 3.8) is 0 Å². The quantitative estimate of drug-likeness (QED) is 0.806. The fraction of sp³-hybridized carbons (Fsp3) is 0.333. The molecule has 0 spiro atoms. The molecule has 2 aromatic rings. The van der Waals surface area contributed by atoms with Crippen LogP contribution in [-0.4, -0.2) is 19.3 Å². The van der Waals surface area contributed by atoms with Crippen LogP contribution >= 0.6 is 23.4 Å². The lowest BCUT2D eigenvalue weighted by molar-refractivity contribution is 0.404. The normalized spacial score (nSPS) is 22.2. The summed E-state index contributed by atoms with van der Waals surface area (Å²) in [5.74, 6) is 1.11. The van der Waals surface area contributed by atoms with E-state index in [0.29, 0.717) is 11.8 Å². The van der Waals surface area contributed by atoms with Crippen LogP contribution in [0.1, 0.15) is 29.4 Å². The molecule has 1 N–H and O–H groups in total. The van der Waals surface area contributed by atoms with Crippen LogP contribution in [0.2, 0.25) is 5.02 Å². The van der Waals surface area contributed by atoms with Gasteiger partial charge in [0.15, 0.2) is 0 Å². The second kappa shape index (κ2) is 6.87. The summed E-state index contributed by atoms with van der Waals surface area (Å²) in [6.07, 6.45) is 3.31. The Bertz CT molecular complexity index is 579. The molecule has 2 aromatic carbocycles. The molecule has 3 rings (SSSR count). The molecule has 2 unspecified atom stereocenters. The number of nitrogens with one attached hydrogen (secondary N) is 1. The predicted molar refractivity (Wildman–Crippen MR) is 92.6 cm³/mol. The van der Waals surface area contributed by atoms with Crippen LogP contribution in [0.3, 0.4) is 0 Å². The van der Waals surface area contributed by atoms with E-state index in [1.54, 1.807) is 11.8 Å². The summed E-state index contributed by atoms with van der Waals surface area (Å²) in [6.45, 7) is 2.13. The van der Waals surface area contributed by atoms with Crippen molar-refractivity contribution < 1.29 is 0 Å². The Balaban J connectivity index is 1.88. The molecular weight excluding hydrogens is 298 g/mol. The van der Waals surface area contributed by atoms with Gasteiger partial charge in [-0.05, 0) is 60.5 Å². The summed E-state index contributed by atoms with van der Waals surface area (Å²) in [5.41, 5.74) is 2.83. The Labute approximate surface area is 136 Å². The molecule has 1 aliphatic rings. The number of hydrogen-bond acceptors (Lipinski definition) is 2. The third-order valence-electron chi connectivity index (χ3n) is 4.32. The van der Waals surface area contributed by atoms with Gasteiger partial charge in [-0.25, -0.2) is 0 Å². The maximum atomic E-state index is 6.02. The van der Waals surface area contributed by atoms with Gasteiger partial charge in [0.05, 0.1) is 0 Å². The van der Waals surface area contributed by atoms with Gasteiger partial charge in [-0.15, -0.1) is 11.8 Å². The largest absolute Gasteiger partial charge is 0.316 e. The fourth-order valence-corrected chi connectivity index (χ4v) is 3.70. The van der Waals surface area contributed by atoms with Crippen molar-refractivity contribution in [1.29, 1.82) is 0 Å². The standard InChI is InChI=1S/C18H20ClNS/c1-21-16-8-4-13(5-9-16)17-10-11-20-12-18(17)14-2-6-15(19)7-3-14/h2-9,17-18,20H,10-12H2,1H3. The van der Waals surface area contributed by atoms with E-state index in [-0.39, 0.29) is 0 Å². The first-order valence-electron chi connectivity index (χ1n) is 7.38. The lowest BCUT2D eigenvalue weighted by atomic mass is 9.77. The Morgan fingerprint density at radius 3 is 2.24 bits per heavy atom. The monoisotopic (exact) mass is 317 g/mol. The lowest BCUT2D eigenvalue weighted by Crippen LogP contribution is -2.34. The second-order valence-electron chi connectivity index (χ2n) is 5.53. The first-order chi connectivity index (χ1) is 10.3. The minimum absolute atomic E-state index is 0.524. The summed E-state index contributed by atoms with van der Waals surface area (Å²) >= 11 is 7.82. The van der Waals surface area contributed by atoms with Crippen LogP contribution in [0.25, 0.3) is 0 Å². The average molecular weight is 318 g/mol. The summed E-state index contributed by atoms with van der Waals surface area (Å²) in [5, 5.41) is 4.34. The van der Waals surface area contributed by atoms with Crippen molar-refractivity contribution in [3.05, 3.63) is 64.7 Å². The van der Waals surface area contributed by atoms with Crippen molar-refractivity contribution >= 4 is 23.4 Å². The molecule has 3 heteroatoms. The molecule has 0 aromatic heterocycles. The van der Waals surface area contributed by atoms with Gasteiger partial charge in [0.1, 0.15) is 0 Å². The van der Waals surface area contributed by atoms with Gasteiger partial charge < -0.3 is 5.32 Å². The number of rotatable bonds is 3. The van der Waals surface area contributed by atoms with E-state index >= 15 is 0 Å². The second-order valence-corrected chi connectivity index (χ2v) is 6.85. The highest BCUT2D eigenvalue weighted by atomic mass is 35.5. The smallest absolute Gasteiger partial charge is 0.0406 e. The highest BCUT2D eigenvalue weighted by Gasteiger charge is 2.27. The minimum atomic E-state index is 0.524. The lowest BCUT2D eigenvalue weighted by Gasteiger charge is -2.33. The maximum Gasteiger partial charge on any atom is 0.0406 e. The molecule has 0 bridgehead atoms. The predicted octanol–water partition coefficient (Wildman–Crippen LogP) is 4.92. The zero-order valence-corrected chi connectivity index (χ0v) is 13.8. The average Bonchev–Trinajstić information content (AvgIpc) is 2.56. The van der Waals surface area contributed by atoms with Crippen molar-refractivity contribution in [1.82, 2.24) is 5.32 Å². The van der Waals surface area contributed by atoms with Crippen LogP contribution in [-0.2, 0) is 0 Å². The number of benzene rings is 2. The molecule has 0 saturated carbocycles. The van der Waals surface area contributed by atoms with Crippen LogP contribution in [0, 0.1) is 0 Å². The molecule has 0 radical (unpaired) electrons. The Kier molecular flexibility index (Phi) is 4.89. The first kappa shape index (κ1) is 15.0. The van der Waals surface area contributed by atoms with Crippen LogP contribution in [0.4, 0.5) is 0 Å². The van der Waals surface area contributed by atoms with Crippen molar-refractivity contribution in [2.24, 2.45) is 0 Å². The summed E-state index contributed by atoms with van der Waals surface area (Å²) < 4.78 is 0. The zero-order valence-electron chi connectivity index (χ0n) is 12.2. The molecule has 1 heterocycles. The number of piperidine rings is 1. The highest BCUT2D eigenvalue weighted by Crippen LogP contribution is 2.38. The summed E-state index contributed by atoms with van der Waals surface area (Å²) in [6, 6.07) is 17.4. The molecule has 110 valence electrons. The van der Waals surface area contributed by atoms with E-state index in [9.17, 15) is 0 Å². The van der Waals surface area contributed by atoms with Crippen molar-refractivity contribution in [3.8, 4) is 0 Å². The van der Waals surface area contributed by atoms with Gasteiger partial charge in [-0.1, -0.05) is 35.9 Å². The van der Waals surface area contributed by atoms with Crippen LogP contribution < -0.4 is 5.32 Å². The van der Waals surface area contributed by atoms with E-state index in [4.69, 9.17) is 11.6 Å². The molecule has 1 aliphatic heterocycles. The summed E-state index contributed by atoms with van der Waals surface area (Å²) in [4.78, 5) is 1.33. The molecule has 21 heavy (non-hydrogen) atoms. The van der Waals surface area contributed by atoms with Crippen LogP contribution in [0.15, 0.2) is 53.4 Å². The van der Waals surface area contributed by atoms with Gasteiger partial charge in [-0.3, -0.25) is 0 Å². The molecule has 0 aliphatic carbocycles. The maximum absolute atomic E-state index is 6.02. The zero-order chi connectivity index (χ0) is 14.7. The minimum Gasteiger partial charge on any atom is -0.316 e. The van der Waals surface area contributed by atoms with Crippen molar-refractivity contribution in [2.75, 3.05) is 19.3 Å². The highest BCUT2D eigenvalue weighted by molar-refractivity contribution is 7.98. The van der Waals surface area contributed by atoms with Gasteiger partial charge in [0.2, 0.25) is 0 Å². The molecular formula is C18H20ClNS. The van der Waals surface area contributed by atoms with E-state index < -0.39 is 0 Å². The van der Waals surface area contributed by atoms with Gasteiger partial charge >= 0.3 is 0 Å². The third kappa shape index (κ3) is 3.45. The number of thioether (sulfide) groups is 1. The Morgan fingerprint density at radius 1 is 0.952 bits per heavy atom. The van der Waals surface area contributed by atoms with E-state index in [2.05, 4.69) is 48.0 Å². The molecule has 1 saturated heterocycles. The molecule has 1 nitrogen and oxygen atoms in total. The third-order valence-corrected chi connectivity index (χ3v) is 5.32. The SMILES string of the molecule is CSc1ccc(C2CCNCC2c2ccc(Cl)cc2)cc1. The van der Waals surface area contributed by atoms with Gasteiger partial charge in [0, 0.05) is 22.4 Å². The topological polar surface area (TPSA) is 12.0 Å². The molecule has 0 amide bonds. The molecule has 2 atom stereocenters. The molecule has 1 fully saturated rings. The van der Waals surface area contributed by atoms with Gasteiger partial charge in [0.25, 0.3) is 0 Å². The van der Waals surface area contributed by atoms with Crippen molar-refractivity contribution in [2.45, 2.75) is 23.2 Å². The van der Waals surface area contributed by atoms with E-state index in [1.165, 1.54) is 22.4 Å². The number of halogens is 1. The van der Waals surface area contributed by atoms with Gasteiger partial charge in [-0.2, -0.15) is 0 Å². The van der Waals surface area contributed by atoms with E-state index in [0.717, 1.165) is 18.1 Å². The summed E-state index contributed by atoms with van der Waals surface area (Å²) in [7, 11) is 0. The van der Waals surface area contributed by atoms with Crippen LogP contribution in [0.5, 0.6) is 0 Å². The number of hydrogen-bond donors (Lipinski definition) is 1. The Morgan fingerprint density at radius 2 is 1.57 bits per heavy atom. The first-order valence-corrected chi connectivity index (χ1v) is 8.98. The fourth-order valence-electron chi connectivity index (χ4n) is 3.17. The van der Waals surface area contributed by atoms with E-state index in [1.807, 2.05) is 12.1 Å². The Hall–Kier alpha value is -0.960.